The summed E-state index contributed by atoms with van der Waals surface area (Å²) in [5.74, 6) is -0.521. The van der Waals surface area contributed by atoms with Crippen LogP contribution in [0, 0.1) is 10.1 Å². The fourth-order valence-electron chi connectivity index (χ4n) is 3.37. The lowest BCUT2D eigenvalue weighted by Gasteiger charge is -2.21. The van der Waals surface area contributed by atoms with E-state index in [2.05, 4.69) is 41.3 Å². The molecule has 0 amide bonds. The molecule has 0 saturated heterocycles. The number of alkyl halides is 3. The summed E-state index contributed by atoms with van der Waals surface area (Å²) in [7, 11) is -4.43. The Morgan fingerprint density at radius 3 is 2.26 bits per heavy atom. The maximum atomic E-state index is 13.2. The zero-order valence-corrected chi connectivity index (χ0v) is 21.6. The van der Waals surface area contributed by atoms with Crippen molar-refractivity contribution in [1.29, 1.82) is 0 Å². The van der Waals surface area contributed by atoms with E-state index in [9.17, 15) is 31.7 Å². The second-order valence-corrected chi connectivity index (χ2v) is 10.6. The number of para-hydroxylation sites is 1. The Hall–Kier alpha value is -2.48. The molecule has 1 N–H and O–H groups in total. The highest BCUT2D eigenvalue weighted by molar-refractivity contribution is 9.11. The van der Waals surface area contributed by atoms with Crippen LogP contribution in [0.2, 0.25) is 0 Å². The van der Waals surface area contributed by atoms with E-state index in [1.54, 1.807) is 18.2 Å². The minimum atomic E-state index is -4.93. The Morgan fingerprint density at radius 1 is 1.00 bits per heavy atom. The smallest absolute Gasteiger partial charge is 0.406 e. The van der Waals surface area contributed by atoms with Crippen molar-refractivity contribution in [2.75, 3.05) is 0 Å². The molecule has 3 aromatic carbocycles. The number of hydrogen-bond donors (Lipinski definition) is 1. The molecule has 0 aromatic heterocycles. The van der Waals surface area contributed by atoms with Gasteiger partial charge in [0.1, 0.15) is 5.75 Å². The number of benzene rings is 3. The maximum absolute atomic E-state index is 13.2. The molecule has 186 valence electrons. The Labute approximate surface area is 215 Å². The molecule has 1 unspecified atom stereocenters. The molecule has 0 aliphatic rings. The molecule has 7 nitrogen and oxygen atoms in total. The molecule has 35 heavy (non-hydrogen) atoms. The lowest BCUT2D eigenvalue weighted by Crippen LogP contribution is -2.30. The van der Waals surface area contributed by atoms with E-state index in [0.717, 1.165) is 38.8 Å². The molecule has 0 spiro atoms. The Kier molecular flexibility index (Phi) is 8.57. The topological polar surface area (TPSA) is 98.5 Å². The van der Waals surface area contributed by atoms with Gasteiger partial charge in [-0.3, -0.25) is 10.1 Å². The molecule has 0 radical (unpaired) electrons. The summed E-state index contributed by atoms with van der Waals surface area (Å²) in [5, 5.41) is 11.4. The third-order valence-electron chi connectivity index (χ3n) is 4.89. The van der Waals surface area contributed by atoms with E-state index >= 15 is 0 Å². The van der Waals surface area contributed by atoms with Gasteiger partial charge in [0, 0.05) is 21.1 Å². The summed E-state index contributed by atoms with van der Waals surface area (Å²) in [6, 6.07) is 14.1. The first-order valence-corrected chi connectivity index (χ1v) is 13.0. The van der Waals surface area contributed by atoms with Crippen LogP contribution in [-0.4, -0.2) is 19.7 Å². The fraction of sp³-hybridized carbons (Fsp3) is 0.182. The van der Waals surface area contributed by atoms with Crippen LogP contribution in [0.15, 0.2) is 80.6 Å². The highest BCUT2D eigenvalue weighted by Gasteiger charge is 2.32. The Balaban J connectivity index is 2.00. The van der Waals surface area contributed by atoms with Gasteiger partial charge in [0.05, 0.1) is 4.92 Å². The molecule has 0 bridgehead atoms. The summed E-state index contributed by atoms with van der Waals surface area (Å²) in [6.45, 7) is 0. The minimum Gasteiger partial charge on any atom is -0.406 e. The van der Waals surface area contributed by atoms with Crippen LogP contribution in [0.4, 0.5) is 18.9 Å². The van der Waals surface area contributed by atoms with Gasteiger partial charge >= 0.3 is 6.36 Å². The van der Waals surface area contributed by atoms with Crippen LogP contribution < -0.4 is 9.46 Å². The number of hydrogen-bond acceptors (Lipinski definition) is 5. The third-order valence-corrected chi connectivity index (χ3v) is 7.89. The van der Waals surface area contributed by atoms with Crippen molar-refractivity contribution < 1.29 is 31.2 Å². The van der Waals surface area contributed by atoms with E-state index in [1.165, 1.54) is 24.3 Å². The first-order chi connectivity index (χ1) is 16.4. The Morgan fingerprint density at radius 2 is 1.63 bits per heavy atom. The van der Waals surface area contributed by atoms with E-state index in [0.29, 0.717) is 6.42 Å². The highest BCUT2D eigenvalue weighted by atomic mass is 79.9. The molecule has 0 aliphatic carbocycles. The fourth-order valence-corrected chi connectivity index (χ4v) is 6.19. The van der Waals surface area contributed by atoms with Gasteiger partial charge in [0.15, 0.2) is 4.90 Å². The number of sulfonamides is 1. The number of ether oxygens (including phenoxy) is 1. The van der Waals surface area contributed by atoms with Gasteiger partial charge in [0.25, 0.3) is 5.69 Å². The predicted octanol–water partition coefficient (Wildman–Crippen LogP) is 6.67. The van der Waals surface area contributed by atoms with E-state index in [1.807, 2.05) is 0 Å². The van der Waals surface area contributed by atoms with Crippen LogP contribution in [0.5, 0.6) is 5.75 Å². The standard InChI is InChI=1S/C22H17Br2F3N2O5S/c23-17-7-4-8-18(24)16(17)11-12-19(14-5-3-6-15(13-14)34-22(25,26)27)28-35(32,33)21-10-2-1-9-20(21)29(30)31/h1-10,13,19,28H,11-12H2. The van der Waals surface area contributed by atoms with Crippen LogP contribution in [0.1, 0.15) is 23.6 Å². The molecule has 0 saturated carbocycles. The molecule has 0 heterocycles. The number of nitrogens with zero attached hydrogens (tertiary/aromatic N) is 1. The summed E-state index contributed by atoms with van der Waals surface area (Å²) in [6.07, 6.45) is -4.50. The summed E-state index contributed by atoms with van der Waals surface area (Å²) >= 11 is 6.87. The molecule has 0 fully saturated rings. The van der Waals surface area contributed by atoms with Crippen LogP contribution in [-0.2, 0) is 16.4 Å². The first kappa shape index (κ1) is 27.1. The highest BCUT2D eigenvalue weighted by Crippen LogP contribution is 2.32. The van der Waals surface area contributed by atoms with Crippen molar-refractivity contribution in [3.05, 3.63) is 96.9 Å². The predicted molar refractivity (Wildman–Crippen MR) is 129 cm³/mol. The quantitative estimate of drug-likeness (QED) is 0.209. The summed E-state index contributed by atoms with van der Waals surface area (Å²) in [5.41, 5.74) is 0.378. The average Bonchev–Trinajstić information content (AvgIpc) is 2.77. The van der Waals surface area contributed by atoms with Gasteiger partial charge in [0.2, 0.25) is 10.0 Å². The average molecular weight is 638 g/mol. The van der Waals surface area contributed by atoms with Crippen molar-refractivity contribution in [3.63, 3.8) is 0 Å². The number of nitrogens with one attached hydrogen (secondary N) is 1. The van der Waals surface area contributed by atoms with Gasteiger partial charge in [-0.1, -0.05) is 62.2 Å². The van der Waals surface area contributed by atoms with E-state index < -0.39 is 43.7 Å². The normalized spacial score (nSPS) is 12.8. The van der Waals surface area contributed by atoms with Gasteiger partial charge < -0.3 is 4.74 Å². The number of nitro groups is 1. The monoisotopic (exact) mass is 636 g/mol. The summed E-state index contributed by atoms with van der Waals surface area (Å²) in [4.78, 5) is 9.99. The zero-order valence-electron chi connectivity index (χ0n) is 17.6. The minimum absolute atomic E-state index is 0.122. The van der Waals surface area contributed by atoms with Crippen LogP contribution >= 0.6 is 31.9 Å². The number of halogens is 5. The molecule has 3 aromatic rings. The van der Waals surface area contributed by atoms with Crippen LogP contribution in [0.25, 0.3) is 0 Å². The molecule has 1 atom stereocenters. The van der Waals surface area contributed by atoms with Crippen molar-refractivity contribution in [3.8, 4) is 5.75 Å². The largest absolute Gasteiger partial charge is 0.573 e. The van der Waals surface area contributed by atoms with Crippen LogP contribution in [0.3, 0.4) is 0 Å². The van der Waals surface area contributed by atoms with Gasteiger partial charge in [-0.15, -0.1) is 13.2 Å². The first-order valence-electron chi connectivity index (χ1n) is 9.92. The molecule has 3 rings (SSSR count). The molecule has 13 heteroatoms. The van der Waals surface area contributed by atoms with Crippen molar-refractivity contribution in [2.45, 2.75) is 30.1 Å². The van der Waals surface area contributed by atoms with Crippen molar-refractivity contribution in [2.24, 2.45) is 0 Å². The maximum Gasteiger partial charge on any atom is 0.573 e. The number of nitro benzene ring substituents is 1. The SMILES string of the molecule is O=[N+]([O-])c1ccccc1S(=O)(=O)NC(CCc1c(Br)cccc1Br)c1cccc(OC(F)(F)F)c1. The number of rotatable bonds is 9. The van der Waals surface area contributed by atoms with Gasteiger partial charge in [-0.05, 0) is 54.3 Å². The van der Waals surface area contributed by atoms with Gasteiger partial charge in [-0.25, -0.2) is 13.1 Å². The summed E-state index contributed by atoms with van der Waals surface area (Å²) < 4.78 is 72.4. The molecule has 0 aliphatic heterocycles. The van der Waals surface area contributed by atoms with E-state index in [4.69, 9.17) is 0 Å². The molecular weight excluding hydrogens is 621 g/mol. The molecular formula is C22H17Br2F3N2O5S. The second-order valence-electron chi connectivity index (χ2n) is 7.26. The second kappa shape index (κ2) is 11.1. The van der Waals surface area contributed by atoms with Crippen molar-refractivity contribution >= 4 is 47.6 Å². The van der Waals surface area contributed by atoms with Crippen molar-refractivity contribution in [1.82, 2.24) is 4.72 Å². The lowest BCUT2D eigenvalue weighted by atomic mass is 9.99. The van der Waals surface area contributed by atoms with Gasteiger partial charge in [-0.2, -0.15) is 0 Å². The zero-order chi connectivity index (χ0) is 25.8. The lowest BCUT2D eigenvalue weighted by molar-refractivity contribution is -0.387. The third kappa shape index (κ3) is 7.26. The Bertz CT molecular complexity index is 1320. The van der Waals surface area contributed by atoms with E-state index in [-0.39, 0.29) is 12.0 Å².